The first-order valence-electron chi connectivity index (χ1n) is 6.34. The zero-order valence-electron chi connectivity index (χ0n) is 11.2. The molecule has 0 fully saturated rings. The van der Waals surface area contributed by atoms with Gasteiger partial charge in [-0.25, -0.2) is 4.39 Å². The fourth-order valence-corrected chi connectivity index (χ4v) is 2.12. The molecule has 0 aliphatic carbocycles. The van der Waals surface area contributed by atoms with Crippen molar-refractivity contribution in [1.29, 1.82) is 0 Å². The molecule has 0 radical (unpaired) electrons. The van der Waals surface area contributed by atoms with Gasteiger partial charge in [0.25, 0.3) is 0 Å². The summed E-state index contributed by atoms with van der Waals surface area (Å²) in [6, 6.07) is 8.56. The van der Waals surface area contributed by atoms with Gasteiger partial charge in [0.2, 0.25) is 0 Å². The summed E-state index contributed by atoms with van der Waals surface area (Å²) < 4.78 is 13.4. The van der Waals surface area contributed by atoms with Crippen LogP contribution in [-0.4, -0.2) is 11.5 Å². The number of hydrogen-bond acceptors (Lipinski definition) is 3. The largest absolute Gasteiger partial charge is 0.341 e. The number of rotatable bonds is 4. The Kier molecular flexibility index (Phi) is 4.12. The molecule has 2 N–H and O–H groups in total. The van der Waals surface area contributed by atoms with Crippen molar-refractivity contribution >= 4 is 11.4 Å². The maximum Gasteiger partial charge on any atom is 0.125 e. The SMILES string of the molecule is CCN(c1cccc(F)c1)c1cc(C)ncc1CN. The van der Waals surface area contributed by atoms with Gasteiger partial charge in [0.05, 0.1) is 0 Å². The van der Waals surface area contributed by atoms with E-state index in [1.54, 1.807) is 12.3 Å². The first kappa shape index (κ1) is 13.5. The number of nitrogens with zero attached hydrogens (tertiary/aromatic N) is 2. The first-order valence-corrected chi connectivity index (χ1v) is 6.34. The van der Waals surface area contributed by atoms with E-state index < -0.39 is 0 Å². The molecule has 0 saturated carbocycles. The highest BCUT2D eigenvalue weighted by Gasteiger charge is 2.12. The van der Waals surface area contributed by atoms with Crippen molar-refractivity contribution in [2.75, 3.05) is 11.4 Å². The third kappa shape index (κ3) is 2.90. The van der Waals surface area contributed by atoms with E-state index in [1.807, 2.05) is 30.9 Å². The third-order valence-electron chi connectivity index (χ3n) is 3.05. The molecule has 3 nitrogen and oxygen atoms in total. The molecule has 1 aromatic carbocycles. The van der Waals surface area contributed by atoms with Gasteiger partial charge in [-0.3, -0.25) is 4.98 Å². The molecule has 0 atom stereocenters. The second kappa shape index (κ2) is 5.80. The molecule has 2 aromatic rings. The Balaban J connectivity index is 2.50. The fourth-order valence-electron chi connectivity index (χ4n) is 2.12. The predicted molar refractivity (Wildman–Crippen MR) is 75.9 cm³/mol. The van der Waals surface area contributed by atoms with Crippen molar-refractivity contribution in [2.24, 2.45) is 5.73 Å². The zero-order valence-corrected chi connectivity index (χ0v) is 11.2. The van der Waals surface area contributed by atoms with E-state index in [0.717, 1.165) is 29.2 Å². The van der Waals surface area contributed by atoms with E-state index in [4.69, 9.17) is 5.73 Å². The number of benzene rings is 1. The smallest absolute Gasteiger partial charge is 0.125 e. The van der Waals surface area contributed by atoms with Crippen molar-refractivity contribution in [3.05, 3.63) is 53.6 Å². The van der Waals surface area contributed by atoms with E-state index in [2.05, 4.69) is 4.98 Å². The Morgan fingerprint density at radius 2 is 2.11 bits per heavy atom. The van der Waals surface area contributed by atoms with Gasteiger partial charge in [-0.1, -0.05) is 6.07 Å². The lowest BCUT2D eigenvalue weighted by atomic mass is 10.1. The van der Waals surface area contributed by atoms with E-state index >= 15 is 0 Å². The van der Waals surface area contributed by atoms with Gasteiger partial charge in [0.1, 0.15) is 5.82 Å². The minimum atomic E-state index is -0.240. The van der Waals surface area contributed by atoms with Crippen molar-refractivity contribution in [1.82, 2.24) is 4.98 Å². The summed E-state index contributed by atoms with van der Waals surface area (Å²) in [6.45, 7) is 5.11. The van der Waals surface area contributed by atoms with Crippen LogP contribution in [0.5, 0.6) is 0 Å². The molecule has 19 heavy (non-hydrogen) atoms. The highest BCUT2D eigenvalue weighted by Crippen LogP contribution is 2.28. The van der Waals surface area contributed by atoms with Gasteiger partial charge < -0.3 is 10.6 Å². The minimum Gasteiger partial charge on any atom is -0.341 e. The Hall–Kier alpha value is -1.94. The molecule has 0 spiro atoms. The van der Waals surface area contributed by atoms with Gasteiger partial charge >= 0.3 is 0 Å². The van der Waals surface area contributed by atoms with Gasteiger partial charge in [0, 0.05) is 41.9 Å². The molecule has 4 heteroatoms. The summed E-state index contributed by atoms with van der Waals surface area (Å²) in [5.74, 6) is -0.240. The van der Waals surface area contributed by atoms with Crippen molar-refractivity contribution < 1.29 is 4.39 Å². The summed E-state index contributed by atoms with van der Waals surface area (Å²) in [4.78, 5) is 6.30. The van der Waals surface area contributed by atoms with Crippen LogP contribution in [0.3, 0.4) is 0 Å². The van der Waals surface area contributed by atoms with Gasteiger partial charge in [-0.15, -0.1) is 0 Å². The number of pyridine rings is 1. The molecule has 0 saturated heterocycles. The van der Waals surface area contributed by atoms with Crippen LogP contribution in [0, 0.1) is 12.7 Å². The van der Waals surface area contributed by atoms with Crippen LogP contribution in [0.25, 0.3) is 0 Å². The average Bonchev–Trinajstić information content (AvgIpc) is 2.40. The van der Waals surface area contributed by atoms with Crippen LogP contribution < -0.4 is 10.6 Å². The Morgan fingerprint density at radius 1 is 1.32 bits per heavy atom. The third-order valence-corrected chi connectivity index (χ3v) is 3.05. The lowest BCUT2D eigenvalue weighted by Gasteiger charge is -2.25. The highest BCUT2D eigenvalue weighted by atomic mass is 19.1. The van der Waals surface area contributed by atoms with E-state index in [0.29, 0.717) is 6.54 Å². The number of anilines is 2. The van der Waals surface area contributed by atoms with Crippen molar-refractivity contribution in [3.8, 4) is 0 Å². The summed E-state index contributed by atoms with van der Waals surface area (Å²) in [5, 5.41) is 0. The number of nitrogens with two attached hydrogens (primary N) is 1. The lowest BCUT2D eigenvalue weighted by Crippen LogP contribution is -2.19. The predicted octanol–water partition coefficient (Wildman–Crippen LogP) is 3.15. The minimum absolute atomic E-state index is 0.240. The zero-order chi connectivity index (χ0) is 13.8. The lowest BCUT2D eigenvalue weighted by molar-refractivity contribution is 0.627. The molecule has 1 aromatic heterocycles. The molecule has 100 valence electrons. The molecular formula is C15H18FN3. The summed E-state index contributed by atoms with van der Waals surface area (Å²) >= 11 is 0. The molecule has 0 aliphatic heterocycles. The maximum absolute atomic E-state index is 13.4. The van der Waals surface area contributed by atoms with E-state index in [9.17, 15) is 4.39 Å². The molecule has 0 unspecified atom stereocenters. The van der Waals surface area contributed by atoms with E-state index in [-0.39, 0.29) is 5.82 Å². The number of halogens is 1. The standard InChI is InChI=1S/C15H18FN3/c1-3-19(14-6-4-5-13(16)8-14)15-7-11(2)18-10-12(15)9-17/h4-8,10H,3,9,17H2,1-2H3. The van der Waals surface area contributed by atoms with Gasteiger partial charge in [-0.2, -0.15) is 0 Å². The van der Waals surface area contributed by atoms with Gasteiger partial charge in [0.15, 0.2) is 0 Å². The molecule has 0 bridgehead atoms. The number of aromatic nitrogens is 1. The van der Waals surface area contributed by atoms with Crippen LogP contribution >= 0.6 is 0 Å². The Labute approximate surface area is 112 Å². The van der Waals surface area contributed by atoms with Crippen LogP contribution in [0.4, 0.5) is 15.8 Å². The Morgan fingerprint density at radius 3 is 2.74 bits per heavy atom. The molecule has 0 aliphatic rings. The van der Waals surface area contributed by atoms with Crippen molar-refractivity contribution in [2.45, 2.75) is 20.4 Å². The molecule has 0 amide bonds. The fraction of sp³-hybridized carbons (Fsp3) is 0.267. The summed E-state index contributed by atoms with van der Waals surface area (Å²) in [7, 11) is 0. The topological polar surface area (TPSA) is 42.2 Å². The first-order chi connectivity index (χ1) is 9.15. The highest BCUT2D eigenvalue weighted by molar-refractivity contribution is 5.66. The Bertz CT molecular complexity index is 569. The molecule has 2 rings (SSSR count). The maximum atomic E-state index is 13.4. The van der Waals surface area contributed by atoms with Crippen LogP contribution in [-0.2, 0) is 6.54 Å². The quantitative estimate of drug-likeness (QED) is 0.917. The monoisotopic (exact) mass is 259 g/mol. The second-order valence-electron chi connectivity index (χ2n) is 4.38. The average molecular weight is 259 g/mol. The van der Waals surface area contributed by atoms with Crippen LogP contribution in [0.2, 0.25) is 0 Å². The summed E-state index contributed by atoms with van der Waals surface area (Å²) in [6.07, 6.45) is 1.78. The normalized spacial score (nSPS) is 10.5. The van der Waals surface area contributed by atoms with Crippen LogP contribution in [0.15, 0.2) is 36.5 Å². The van der Waals surface area contributed by atoms with Crippen molar-refractivity contribution in [3.63, 3.8) is 0 Å². The van der Waals surface area contributed by atoms with Gasteiger partial charge in [-0.05, 0) is 38.1 Å². The number of aryl methyl sites for hydroxylation is 1. The molecular weight excluding hydrogens is 241 g/mol. The number of hydrogen-bond donors (Lipinski definition) is 1. The van der Waals surface area contributed by atoms with E-state index in [1.165, 1.54) is 12.1 Å². The summed E-state index contributed by atoms with van der Waals surface area (Å²) in [5.41, 5.74) is 9.45. The second-order valence-corrected chi connectivity index (χ2v) is 4.38. The molecule has 1 heterocycles. The van der Waals surface area contributed by atoms with Crippen LogP contribution in [0.1, 0.15) is 18.2 Å².